The summed E-state index contributed by atoms with van der Waals surface area (Å²) in [4.78, 5) is 18.2. The van der Waals surface area contributed by atoms with Crippen molar-refractivity contribution in [2.75, 3.05) is 0 Å². The molecule has 0 spiro atoms. The van der Waals surface area contributed by atoms with Gasteiger partial charge in [-0.3, -0.25) is 0 Å². The Morgan fingerprint density at radius 1 is 1.40 bits per heavy atom. The lowest BCUT2D eigenvalue weighted by atomic mass is 10.2. The van der Waals surface area contributed by atoms with Crippen LogP contribution in [0.2, 0.25) is 5.15 Å². The molecule has 0 fully saturated rings. The van der Waals surface area contributed by atoms with Gasteiger partial charge in [0.1, 0.15) is 5.15 Å². The molecular weight excluding hydrogens is 283 g/mol. The fourth-order valence-corrected chi connectivity index (χ4v) is 1.75. The second-order valence-corrected chi connectivity index (χ2v) is 4.08. The predicted molar refractivity (Wildman–Crippen MR) is 59.2 cm³/mol. The molecule has 1 aromatic heterocycles. The second kappa shape index (κ2) is 3.75. The highest BCUT2D eigenvalue weighted by atomic mass is 79.9. The fraction of sp³-hybridized carbons (Fsp3) is 0. The van der Waals surface area contributed by atoms with Crippen LogP contribution in [0.25, 0.3) is 10.9 Å². The zero-order valence-electron chi connectivity index (χ0n) is 7.24. The molecule has 6 heteroatoms. The van der Waals surface area contributed by atoms with Gasteiger partial charge in [0.25, 0.3) is 0 Å². The summed E-state index contributed by atoms with van der Waals surface area (Å²) >= 11 is 9.13. The van der Waals surface area contributed by atoms with Crippen molar-refractivity contribution in [1.82, 2.24) is 9.97 Å². The molecule has 1 aromatic carbocycles. The van der Waals surface area contributed by atoms with Crippen LogP contribution < -0.4 is 0 Å². The quantitative estimate of drug-likeness (QED) is 0.819. The molecule has 4 nitrogen and oxygen atoms in total. The van der Waals surface area contributed by atoms with E-state index in [9.17, 15) is 4.79 Å². The first-order chi connectivity index (χ1) is 7.08. The van der Waals surface area contributed by atoms with E-state index in [2.05, 4.69) is 25.9 Å². The van der Waals surface area contributed by atoms with Crippen LogP contribution >= 0.6 is 27.5 Å². The normalized spacial score (nSPS) is 10.5. The molecule has 0 aliphatic heterocycles. The molecule has 0 aliphatic carbocycles. The summed E-state index contributed by atoms with van der Waals surface area (Å²) in [5.41, 5.74) is 0.510. The number of carbonyl (C=O) groups is 1. The van der Waals surface area contributed by atoms with Gasteiger partial charge < -0.3 is 5.11 Å². The van der Waals surface area contributed by atoms with E-state index in [0.717, 1.165) is 4.47 Å². The first-order valence-electron chi connectivity index (χ1n) is 3.94. The minimum atomic E-state index is -1.19. The molecule has 0 bridgehead atoms. The van der Waals surface area contributed by atoms with Crippen molar-refractivity contribution < 1.29 is 9.90 Å². The molecule has 1 N–H and O–H groups in total. The van der Waals surface area contributed by atoms with Crippen LogP contribution in [0.5, 0.6) is 0 Å². The highest BCUT2D eigenvalue weighted by Gasteiger charge is 2.11. The smallest absolute Gasteiger partial charge is 0.374 e. The van der Waals surface area contributed by atoms with Crippen molar-refractivity contribution in [1.29, 1.82) is 0 Å². The fourth-order valence-electron chi connectivity index (χ4n) is 1.16. The Hall–Kier alpha value is -1.20. The average Bonchev–Trinajstić information content (AvgIpc) is 2.18. The van der Waals surface area contributed by atoms with Gasteiger partial charge in [-0.1, -0.05) is 27.5 Å². The molecule has 0 aliphatic rings. The van der Waals surface area contributed by atoms with Gasteiger partial charge in [0.2, 0.25) is 5.82 Å². The van der Waals surface area contributed by atoms with Crippen molar-refractivity contribution in [2.45, 2.75) is 0 Å². The summed E-state index contributed by atoms with van der Waals surface area (Å²) in [6.07, 6.45) is 0. The van der Waals surface area contributed by atoms with Crippen LogP contribution in [0, 0.1) is 0 Å². The molecule has 0 unspecified atom stereocenters. The van der Waals surface area contributed by atoms with Crippen molar-refractivity contribution in [2.24, 2.45) is 0 Å². The van der Waals surface area contributed by atoms with Gasteiger partial charge in [0.05, 0.1) is 5.52 Å². The van der Waals surface area contributed by atoms with Gasteiger partial charge in [0.15, 0.2) is 0 Å². The van der Waals surface area contributed by atoms with E-state index in [-0.39, 0.29) is 11.0 Å². The lowest BCUT2D eigenvalue weighted by molar-refractivity contribution is 0.0684. The van der Waals surface area contributed by atoms with Crippen molar-refractivity contribution in [3.05, 3.63) is 33.6 Å². The summed E-state index contributed by atoms with van der Waals surface area (Å²) in [5, 5.41) is 9.49. The number of rotatable bonds is 1. The largest absolute Gasteiger partial charge is 0.475 e. The Bertz CT molecular complexity index is 559. The molecule has 0 atom stereocenters. The molecule has 2 rings (SSSR count). The number of carboxylic acid groups (broad SMARTS) is 1. The molecule has 15 heavy (non-hydrogen) atoms. The highest BCUT2D eigenvalue weighted by Crippen LogP contribution is 2.23. The molecule has 0 saturated carbocycles. The Balaban J connectivity index is 2.78. The summed E-state index contributed by atoms with van der Waals surface area (Å²) in [6.45, 7) is 0. The minimum Gasteiger partial charge on any atom is -0.475 e. The number of aromatic nitrogens is 2. The molecule has 0 amide bonds. The second-order valence-electron chi connectivity index (χ2n) is 2.80. The van der Waals surface area contributed by atoms with Crippen molar-refractivity contribution in [3.63, 3.8) is 0 Å². The topological polar surface area (TPSA) is 63.1 Å². The van der Waals surface area contributed by atoms with Crippen LogP contribution in [0.3, 0.4) is 0 Å². The van der Waals surface area contributed by atoms with Crippen LogP contribution in [0.15, 0.2) is 22.7 Å². The Morgan fingerprint density at radius 3 is 2.80 bits per heavy atom. The maximum absolute atomic E-state index is 10.7. The predicted octanol–water partition coefficient (Wildman–Crippen LogP) is 2.74. The number of benzene rings is 1. The molecule has 0 saturated heterocycles. The van der Waals surface area contributed by atoms with Gasteiger partial charge in [0, 0.05) is 9.86 Å². The van der Waals surface area contributed by atoms with Crippen LogP contribution in [0.1, 0.15) is 10.6 Å². The highest BCUT2D eigenvalue weighted by molar-refractivity contribution is 9.10. The Morgan fingerprint density at radius 2 is 2.13 bits per heavy atom. The summed E-state index contributed by atoms with van der Waals surface area (Å²) in [5.74, 6) is -1.49. The number of nitrogens with zero attached hydrogens (tertiary/aromatic N) is 2. The third-order valence-electron chi connectivity index (χ3n) is 1.80. The number of fused-ring (bicyclic) bond motifs is 1. The zero-order chi connectivity index (χ0) is 11.0. The molecule has 0 radical (unpaired) electrons. The molecular formula is C9H4BrClN2O2. The minimum absolute atomic E-state index is 0.138. The monoisotopic (exact) mass is 286 g/mol. The van der Waals surface area contributed by atoms with Gasteiger partial charge in [-0.25, -0.2) is 14.8 Å². The summed E-state index contributed by atoms with van der Waals surface area (Å²) in [6, 6.07) is 5.18. The van der Waals surface area contributed by atoms with Gasteiger partial charge in [-0.05, 0) is 18.2 Å². The Labute approximate surface area is 98.0 Å². The lowest BCUT2D eigenvalue weighted by Crippen LogP contribution is -2.04. The van der Waals surface area contributed by atoms with Crippen molar-refractivity contribution in [3.8, 4) is 0 Å². The first-order valence-corrected chi connectivity index (χ1v) is 5.11. The first kappa shape index (κ1) is 10.3. The Kier molecular flexibility index (Phi) is 2.58. The summed E-state index contributed by atoms with van der Waals surface area (Å²) in [7, 11) is 0. The van der Waals surface area contributed by atoms with Crippen LogP contribution in [-0.2, 0) is 0 Å². The summed E-state index contributed by atoms with van der Waals surface area (Å²) < 4.78 is 0.837. The van der Waals surface area contributed by atoms with E-state index < -0.39 is 5.97 Å². The maximum Gasteiger partial charge on any atom is 0.374 e. The van der Waals surface area contributed by atoms with E-state index in [4.69, 9.17) is 16.7 Å². The number of carboxylic acids is 1. The number of hydrogen-bond donors (Lipinski definition) is 1. The third-order valence-corrected chi connectivity index (χ3v) is 2.58. The zero-order valence-corrected chi connectivity index (χ0v) is 9.58. The van der Waals surface area contributed by atoms with E-state index in [1.54, 1.807) is 18.2 Å². The van der Waals surface area contributed by atoms with Crippen LogP contribution in [0.4, 0.5) is 0 Å². The molecule has 1 heterocycles. The average molecular weight is 288 g/mol. The van der Waals surface area contributed by atoms with E-state index >= 15 is 0 Å². The SMILES string of the molecule is O=C(O)c1nc(Cl)c2cc(Br)ccc2n1. The van der Waals surface area contributed by atoms with E-state index in [0.29, 0.717) is 10.9 Å². The number of halogens is 2. The van der Waals surface area contributed by atoms with Gasteiger partial charge >= 0.3 is 5.97 Å². The van der Waals surface area contributed by atoms with Crippen molar-refractivity contribution >= 4 is 44.4 Å². The lowest BCUT2D eigenvalue weighted by Gasteiger charge is -2.01. The van der Waals surface area contributed by atoms with Crippen LogP contribution in [-0.4, -0.2) is 21.0 Å². The van der Waals surface area contributed by atoms with E-state index in [1.165, 1.54) is 0 Å². The number of aromatic carboxylic acids is 1. The maximum atomic E-state index is 10.7. The van der Waals surface area contributed by atoms with E-state index in [1.807, 2.05) is 0 Å². The van der Waals surface area contributed by atoms with Gasteiger partial charge in [-0.2, -0.15) is 0 Å². The van der Waals surface area contributed by atoms with Gasteiger partial charge in [-0.15, -0.1) is 0 Å². The molecule has 76 valence electrons. The third kappa shape index (κ3) is 1.93. The standard InChI is InChI=1S/C9H4BrClN2O2/c10-4-1-2-6-5(3-4)7(11)13-8(12-6)9(14)15/h1-3H,(H,14,15). The molecule has 2 aromatic rings. The number of hydrogen-bond acceptors (Lipinski definition) is 3.